The fourth-order valence-electron chi connectivity index (χ4n) is 3.33. The van der Waals surface area contributed by atoms with Crippen LogP contribution in [0, 0.1) is 17.6 Å². The van der Waals surface area contributed by atoms with E-state index in [0.29, 0.717) is 11.6 Å². The minimum absolute atomic E-state index is 0.0790. The first kappa shape index (κ1) is 23.4. The Morgan fingerprint density at radius 1 is 1.21 bits per heavy atom. The maximum atomic E-state index is 13.7. The van der Waals surface area contributed by atoms with E-state index >= 15 is 0 Å². The maximum absolute atomic E-state index is 13.7. The number of benzene rings is 2. The van der Waals surface area contributed by atoms with Crippen LogP contribution in [0.1, 0.15) is 18.4 Å². The van der Waals surface area contributed by atoms with Crippen LogP contribution in [0.25, 0.3) is 10.2 Å². The molecule has 1 saturated carbocycles. The predicted octanol–water partition coefficient (Wildman–Crippen LogP) is 4.01. The fraction of sp³-hybridized carbons (Fsp3) is 0.318. The summed E-state index contributed by atoms with van der Waals surface area (Å²) in [5.41, 5.74) is 3.33. The lowest BCUT2D eigenvalue weighted by Gasteiger charge is -2.25. The molecule has 1 heterocycles. The second-order valence-electron chi connectivity index (χ2n) is 7.91. The highest BCUT2D eigenvalue weighted by Crippen LogP contribution is 2.28. The van der Waals surface area contributed by atoms with Gasteiger partial charge in [-0.3, -0.25) is 9.52 Å². The van der Waals surface area contributed by atoms with Crippen LogP contribution in [0.3, 0.4) is 0 Å². The van der Waals surface area contributed by atoms with E-state index in [1.165, 1.54) is 29.1 Å². The fourth-order valence-corrected chi connectivity index (χ4v) is 4.53. The van der Waals surface area contributed by atoms with E-state index in [9.17, 15) is 18.4 Å². The number of hydrogen-bond acceptors (Lipinski definition) is 6. The van der Waals surface area contributed by atoms with Crippen LogP contribution >= 0.6 is 23.5 Å². The summed E-state index contributed by atoms with van der Waals surface area (Å²) in [6.45, 7) is 0.789. The number of hydrogen-bond donors (Lipinski definition) is 3. The summed E-state index contributed by atoms with van der Waals surface area (Å²) in [6.07, 6.45) is 2.28. The van der Waals surface area contributed by atoms with Crippen molar-refractivity contribution in [2.45, 2.75) is 25.3 Å². The van der Waals surface area contributed by atoms with E-state index in [1.54, 1.807) is 24.7 Å². The minimum Gasteiger partial charge on any atom is -0.325 e. The van der Waals surface area contributed by atoms with E-state index in [1.807, 2.05) is 6.07 Å². The van der Waals surface area contributed by atoms with Gasteiger partial charge in [0.15, 0.2) is 0 Å². The lowest BCUT2D eigenvalue weighted by Crippen LogP contribution is -2.51. The van der Waals surface area contributed by atoms with Crippen LogP contribution < -0.4 is 19.7 Å². The topological polar surface area (TPSA) is 86.4 Å². The van der Waals surface area contributed by atoms with Gasteiger partial charge in [0.05, 0.1) is 15.7 Å². The van der Waals surface area contributed by atoms with E-state index in [0.717, 1.165) is 47.1 Å². The molecule has 0 aliphatic heterocycles. The molecule has 1 atom stereocenters. The lowest BCUT2D eigenvalue weighted by molar-refractivity contribution is -0.120. The molecule has 11 heteroatoms. The molecule has 4 rings (SSSR count). The van der Waals surface area contributed by atoms with Gasteiger partial charge in [-0.05, 0) is 54.7 Å². The monoisotopic (exact) mass is 491 g/mol. The Hall–Kier alpha value is -2.76. The van der Waals surface area contributed by atoms with Crippen molar-refractivity contribution in [1.82, 2.24) is 19.7 Å². The third-order valence-electron chi connectivity index (χ3n) is 5.28. The van der Waals surface area contributed by atoms with Crippen molar-refractivity contribution in [3.05, 3.63) is 59.1 Å². The highest BCUT2D eigenvalue weighted by atomic mass is 32.2. The van der Waals surface area contributed by atoms with Crippen molar-refractivity contribution in [1.29, 1.82) is 0 Å². The highest BCUT2D eigenvalue weighted by molar-refractivity contribution is 7.96. The number of amides is 3. The molecule has 2 aromatic carbocycles. The molecule has 0 saturated heterocycles. The third-order valence-corrected chi connectivity index (χ3v) is 6.69. The molecule has 1 aromatic heterocycles. The van der Waals surface area contributed by atoms with Crippen LogP contribution in [0.15, 0.2) is 41.9 Å². The molecular formula is C22H23F2N5O2S2. The summed E-state index contributed by atoms with van der Waals surface area (Å²) in [5, 5.41) is 2.63. The number of aromatic nitrogens is 1. The third kappa shape index (κ3) is 6.40. The number of carbonyl (C=O) groups excluding carboxylic acids is 2. The Bertz CT molecular complexity index is 1130. The zero-order valence-corrected chi connectivity index (χ0v) is 19.4. The second-order valence-corrected chi connectivity index (χ2v) is 9.49. The molecule has 1 fully saturated rings. The number of anilines is 1. The van der Waals surface area contributed by atoms with Crippen LogP contribution in [0.4, 0.5) is 19.3 Å². The van der Waals surface area contributed by atoms with Crippen LogP contribution in [0.2, 0.25) is 0 Å². The van der Waals surface area contributed by atoms with Crippen molar-refractivity contribution < 1.29 is 18.4 Å². The number of thiazole rings is 1. The number of nitrogens with one attached hydrogen (secondary N) is 3. The molecule has 0 spiro atoms. The summed E-state index contributed by atoms with van der Waals surface area (Å²) in [6, 6.07) is 6.86. The maximum Gasteiger partial charge on any atom is 0.326 e. The van der Waals surface area contributed by atoms with Gasteiger partial charge < -0.3 is 10.2 Å². The average molecular weight is 492 g/mol. The predicted molar refractivity (Wildman–Crippen MR) is 127 cm³/mol. The minimum atomic E-state index is -1.05. The quantitative estimate of drug-likeness (QED) is 0.311. The molecular weight excluding hydrogens is 468 g/mol. The van der Waals surface area contributed by atoms with Crippen LogP contribution in [0.5, 0.6) is 0 Å². The molecule has 1 aliphatic rings. The molecule has 3 aromatic rings. The zero-order valence-electron chi connectivity index (χ0n) is 17.8. The normalized spacial score (nSPS) is 14.2. The summed E-state index contributed by atoms with van der Waals surface area (Å²) in [4.78, 5) is 31.4. The van der Waals surface area contributed by atoms with Crippen LogP contribution in [-0.2, 0) is 11.2 Å². The van der Waals surface area contributed by atoms with E-state index < -0.39 is 29.6 Å². The molecule has 0 bridgehead atoms. The Labute approximate surface area is 198 Å². The zero-order chi connectivity index (χ0) is 23.4. The number of fused-ring (bicyclic) bond motifs is 1. The molecule has 1 unspecified atom stereocenters. The smallest absolute Gasteiger partial charge is 0.325 e. The summed E-state index contributed by atoms with van der Waals surface area (Å²) in [7, 11) is 1.58. The van der Waals surface area contributed by atoms with Gasteiger partial charge in [0.2, 0.25) is 5.91 Å². The summed E-state index contributed by atoms with van der Waals surface area (Å²) >= 11 is 2.53. The Morgan fingerprint density at radius 3 is 2.70 bits per heavy atom. The van der Waals surface area contributed by atoms with Crippen molar-refractivity contribution in [2.75, 3.05) is 18.5 Å². The first-order valence-corrected chi connectivity index (χ1v) is 12.1. The van der Waals surface area contributed by atoms with Crippen molar-refractivity contribution in [3.8, 4) is 0 Å². The molecule has 7 nitrogen and oxygen atoms in total. The molecule has 174 valence electrons. The van der Waals surface area contributed by atoms with Gasteiger partial charge in [-0.2, -0.15) is 0 Å². The Balaban J connectivity index is 1.47. The van der Waals surface area contributed by atoms with Gasteiger partial charge in [-0.1, -0.05) is 0 Å². The molecule has 0 radical (unpaired) electrons. The van der Waals surface area contributed by atoms with Gasteiger partial charge in [0.25, 0.3) is 0 Å². The van der Waals surface area contributed by atoms with Gasteiger partial charge in [0.1, 0.15) is 17.7 Å². The van der Waals surface area contributed by atoms with E-state index in [-0.39, 0.29) is 12.0 Å². The number of nitrogens with zero attached hydrogens (tertiary/aromatic N) is 2. The first-order chi connectivity index (χ1) is 15.9. The Kier molecular flexibility index (Phi) is 7.41. The lowest BCUT2D eigenvalue weighted by atomic mass is 10.0. The van der Waals surface area contributed by atoms with Crippen molar-refractivity contribution in [2.24, 2.45) is 5.92 Å². The van der Waals surface area contributed by atoms with Gasteiger partial charge >= 0.3 is 6.03 Å². The number of carbonyl (C=O) groups is 2. The first-order valence-electron chi connectivity index (χ1n) is 10.4. The molecule has 3 amide bonds. The number of urea groups is 1. The molecule has 3 N–H and O–H groups in total. The summed E-state index contributed by atoms with van der Waals surface area (Å²) in [5.74, 6) is -1.28. The SMILES string of the molecule is CN(C(=O)C(Cc1cc(F)cc(F)c1)NC(=O)NSNCC1CC1)c1ccc2scnc2c1. The number of halogens is 2. The Morgan fingerprint density at radius 2 is 1.97 bits per heavy atom. The molecule has 33 heavy (non-hydrogen) atoms. The van der Waals surface area contributed by atoms with Crippen molar-refractivity contribution >= 4 is 51.3 Å². The van der Waals surface area contributed by atoms with Crippen LogP contribution in [-0.4, -0.2) is 36.6 Å². The summed E-state index contributed by atoms with van der Waals surface area (Å²) < 4.78 is 34.0. The highest BCUT2D eigenvalue weighted by Gasteiger charge is 2.26. The van der Waals surface area contributed by atoms with Gasteiger partial charge in [0, 0.05) is 43.9 Å². The second kappa shape index (κ2) is 10.4. The average Bonchev–Trinajstić information content (AvgIpc) is 3.48. The standard InChI is InChI=1S/C22H23F2N5O2S2/c1-29(17-4-5-20-18(10-17)25-12-32-20)21(30)19(8-14-6-15(23)9-16(24)7-14)27-22(31)28-33-26-11-13-2-3-13/h4-7,9-10,12-13,19,26H,2-3,8,11H2,1H3,(H2,27,28,31). The van der Waals surface area contributed by atoms with E-state index in [4.69, 9.17) is 0 Å². The van der Waals surface area contributed by atoms with Gasteiger partial charge in [-0.25, -0.2) is 23.3 Å². The number of rotatable bonds is 9. The van der Waals surface area contributed by atoms with E-state index in [2.05, 4.69) is 19.7 Å². The number of likely N-dealkylation sites (N-methyl/N-ethyl adjacent to an activating group) is 1. The largest absolute Gasteiger partial charge is 0.326 e. The van der Waals surface area contributed by atoms with Crippen molar-refractivity contribution in [3.63, 3.8) is 0 Å². The molecule has 1 aliphatic carbocycles. The van der Waals surface area contributed by atoms with Gasteiger partial charge in [-0.15, -0.1) is 11.3 Å².